The zero-order chi connectivity index (χ0) is 38.7. The SMILES string of the molecule is c1ccc(N2c3ccccc3B3c4ccccc4S4(c5ccccc5B(c5ccnc6c7ncccc7n(-c7ccccc7)c56)c5ccccc54)c4cccc2c43)cc1. The van der Waals surface area contributed by atoms with E-state index in [4.69, 9.17) is 9.97 Å². The fourth-order valence-corrected chi connectivity index (χ4v) is 15.4. The minimum atomic E-state index is -2.02. The Morgan fingerprint density at radius 2 is 0.915 bits per heavy atom. The first-order chi connectivity index (χ1) is 29.3. The van der Waals surface area contributed by atoms with E-state index < -0.39 is 10.0 Å². The smallest absolute Gasteiger partial charge is 0.249 e. The van der Waals surface area contributed by atoms with Gasteiger partial charge in [-0.25, -0.2) is 0 Å². The predicted octanol–water partition coefficient (Wildman–Crippen LogP) is 8.36. The monoisotopic (exact) mass is 768 g/mol. The number of hydrogen-bond acceptors (Lipinski definition) is 3. The van der Waals surface area contributed by atoms with Crippen molar-refractivity contribution in [2.45, 2.75) is 19.6 Å². The molecule has 0 unspecified atom stereocenters. The second kappa shape index (κ2) is 12.5. The molecule has 4 nitrogen and oxygen atoms in total. The van der Waals surface area contributed by atoms with E-state index in [0.717, 1.165) is 27.8 Å². The van der Waals surface area contributed by atoms with Gasteiger partial charge in [0.15, 0.2) is 0 Å². The molecule has 10 aromatic rings. The molecule has 0 radical (unpaired) electrons. The summed E-state index contributed by atoms with van der Waals surface area (Å²) in [6.45, 7) is 0.0430. The number of rotatable bonds is 3. The van der Waals surface area contributed by atoms with Crippen LogP contribution in [0.5, 0.6) is 0 Å². The van der Waals surface area contributed by atoms with Gasteiger partial charge < -0.3 is 9.47 Å². The molecule has 0 fully saturated rings. The molecule has 0 bridgehead atoms. The Kier molecular flexibility index (Phi) is 6.96. The van der Waals surface area contributed by atoms with Crippen LogP contribution in [0.3, 0.4) is 0 Å². The van der Waals surface area contributed by atoms with E-state index in [0.29, 0.717) is 0 Å². The van der Waals surface area contributed by atoms with Gasteiger partial charge in [-0.05, 0) is 115 Å². The second-order valence-corrected chi connectivity index (χ2v) is 18.6. The number of benzene rings is 7. The van der Waals surface area contributed by atoms with Crippen molar-refractivity contribution in [1.29, 1.82) is 0 Å². The lowest BCUT2D eigenvalue weighted by Gasteiger charge is -2.54. The Labute approximate surface area is 344 Å². The molecule has 13 rings (SSSR count). The van der Waals surface area contributed by atoms with Crippen LogP contribution in [-0.4, -0.2) is 28.0 Å². The van der Waals surface area contributed by atoms with E-state index in [9.17, 15) is 0 Å². The van der Waals surface area contributed by atoms with Gasteiger partial charge in [-0.3, -0.25) is 9.97 Å². The Morgan fingerprint density at radius 1 is 0.373 bits per heavy atom. The minimum Gasteiger partial charge on any atom is -0.311 e. The molecule has 6 heterocycles. The molecular formula is C52H34B2N4S. The summed E-state index contributed by atoms with van der Waals surface area (Å²) >= 11 is 0. The molecule has 0 amide bonds. The van der Waals surface area contributed by atoms with Gasteiger partial charge >= 0.3 is 0 Å². The van der Waals surface area contributed by atoms with Gasteiger partial charge in [-0.15, -0.1) is 10.0 Å². The fraction of sp³-hybridized carbons (Fsp3) is 0. The number of fused-ring (bicyclic) bond motifs is 13. The number of pyridine rings is 2. The van der Waals surface area contributed by atoms with Gasteiger partial charge in [0.2, 0.25) is 13.4 Å². The van der Waals surface area contributed by atoms with Crippen LogP contribution in [0.4, 0.5) is 17.1 Å². The summed E-state index contributed by atoms with van der Waals surface area (Å²) in [4.78, 5) is 18.2. The first-order valence-corrected chi connectivity index (χ1v) is 21.9. The van der Waals surface area contributed by atoms with E-state index >= 15 is 0 Å². The largest absolute Gasteiger partial charge is 0.311 e. The highest BCUT2D eigenvalue weighted by Crippen LogP contribution is 2.74. The molecule has 7 aromatic carbocycles. The molecule has 0 N–H and O–H groups in total. The average molecular weight is 769 g/mol. The van der Waals surface area contributed by atoms with Crippen molar-refractivity contribution in [1.82, 2.24) is 14.5 Å². The molecule has 0 saturated carbocycles. The summed E-state index contributed by atoms with van der Waals surface area (Å²) in [5, 5.41) is 0. The number of anilines is 3. The lowest BCUT2D eigenvalue weighted by Crippen LogP contribution is -2.63. The van der Waals surface area contributed by atoms with E-state index in [-0.39, 0.29) is 13.4 Å². The number of nitrogens with zero attached hydrogens (tertiary/aromatic N) is 4. The molecule has 59 heavy (non-hydrogen) atoms. The fourth-order valence-electron chi connectivity index (χ4n) is 10.7. The summed E-state index contributed by atoms with van der Waals surface area (Å²) < 4.78 is 2.38. The Hall–Kier alpha value is -7.08. The number of aromatic nitrogens is 3. The van der Waals surface area contributed by atoms with Gasteiger partial charge in [0.1, 0.15) is 11.0 Å². The van der Waals surface area contributed by atoms with Gasteiger partial charge in [-0.1, -0.05) is 132 Å². The van der Waals surface area contributed by atoms with Gasteiger partial charge in [-0.2, -0.15) is 0 Å². The summed E-state index contributed by atoms with van der Waals surface area (Å²) in [5.41, 5.74) is 16.8. The molecule has 3 aliphatic heterocycles. The molecule has 7 heteroatoms. The lowest BCUT2D eigenvalue weighted by atomic mass is 9.35. The Balaban J connectivity index is 1.15. The molecule has 0 saturated heterocycles. The number of para-hydroxylation sites is 3. The van der Waals surface area contributed by atoms with Crippen LogP contribution >= 0.6 is 10.0 Å². The van der Waals surface area contributed by atoms with E-state index in [2.05, 4.69) is 198 Å². The quantitative estimate of drug-likeness (QED) is 0.170. The van der Waals surface area contributed by atoms with Crippen LogP contribution < -0.4 is 37.7 Å². The molecule has 3 aliphatic rings. The van der Waals surface area contributed by atoms with Crippen LogP contribution in [-0.2, 0) is 0 Å². The van der Waals surface area contributed by atoms with Gasteiger partial charge in [0.25, 0.3) is 0 Å². The molecule has 0 aliphatic carbocycles. The summed E-state index contributed by atoms with van der Waals surface area (Å²) in [6.07, 6.45) is 3.88. The standard InChI is InChI=1S/C52H34B2N4S/c1-3-17-35(18-4-1)57-42-25-11-7-21-37(42)54-40-24-10-14-30-47(40)59(48-31-15-26-43(57)49(48)54)45-28-12-8-22-38(45)53(39-23-9-13-29-46(39)59)41-32-34-56-51-50-44(27-16-33-55-50)58(52(41)51)36-19-5-2-6-20-36/h1-34H. The van der Waals surface area contributed by atoms with E-state index in [1.807, 2.05) is 18.5 Å². The highest BCUT2D eigenvalue weighted by Gasteiger charge is 2.53. The highest BCUT2D eigenvalue weighted by molar-refractivity contribution is 8.34. The average Bonchev–Trinajstić information content (AvgIpc) is 3.65. The van der Waals surface area contributed by atoms with Crippen LogP contribution in [0.1, 0.15) is 0 Å². The van der Waals surface area contributed by atoms with Crippen molar-refractivity contribution in [3.8, 4) is 5.69 Å². The summed E-state index contributed by atoms with van der Waals surface area (Å²) in [6, 6.07) is 72.3. The third-order valence-corrected chi connectivity index (χ3v) is 17.0. The van der Waals surface area contributed by atoms with Crippen molar-refractivity contribution in [2.24, 2.45) is 0 Å². The van der Waals surface area contributed by atoms with Crippen LogP contribution in [0.15, 0.2) is 226 Å². The number of hydrogen-bond donors (Lipinski definition) is 0. The zero-order valence-corrected chi connectivity index (χ0v) is 32.8. The van der Waals surface area contributed by atoms with Gasteiger partial charge in [0, 0.05) is 35.1 Å². The summed E-state index contributed by atoms with van der Waals surface area (Å²) in [7, 11) is -2.02. The maximum atomic E-state index is 5.07. The highest BCUT2D eigenvalue weighted by atomic mass is 32.3. The molecule has 0 atom stereocenters. The second-order valence-electron chi connectivity index (χ2n) is 15.7. The topological polar surface area (TPSA) is 34.0 Å². The third kappa shape index (κ3) is 4.32. The molecule has 3 aromatic heterocycles. The van der Waals surface area contributed by atoms with Crippen molar-refractivity contribution in [3.63, 3.8) is 0 Å². The molecular weight excluding hydrogens is 734 g/mol. The van der Waals surface area contributed by atoms with Crippen LogP contribution in [0.2, 0.25) is 0 Å². The molecule has 1 spiro atoms. The lowest BCUT2D eigenvalue weighted by molar-refractivity contribution is 1.18. The van der Waals surface area contributed by atoms with Crippen molar-refractivity contribution in [2.75, 3.05) is 4.90 Å². The first kappa shape index (κ1) is 32.9. The Morgan fingerprint density at radius 3 is 1.61 bits per heavy atom. The summed E-state index contributed by atoms with van der Waals surface area (Å²) in [5.74, 6) is 0. The van der Waals surface area contributed by atoms with Crippen molar-refractivity contribution < 1.29 is 0 Å². The van der Waals surface area contributed by atoms with Crippen LogP contribution in [0, 0.1) is 0 Å². The maximum Gasteiger partial charge on any atom is 0.249 e. The third-order valence-electron chi connectivity index (χ3n) is 12.8. The van der Waals surface area contributed by atoms with Gasteiger partial charge in [0.05, 0.1) is 11.0 Å². The molecule has 274 valence electrons. The first-order valence-electron chi connectivity index (χ1n) is 20.3. The van der Waals surface area contributed by atoms with Crippen LogP contribution in [0.25, 0.3) is 27.8 Å². The zero-order valence-electron chi connectivity index (χ0n) is 32.0. The Bertz CT molecular complexity index is 3280. The van der Waals surface area contributed by atoms with Crippen molar-refractivity contribution in [3.05, 3.63) is 207 Å². The minimum absolute atomic E-state index is 0.0521. The maximum absolute atomic E-state index is 5.07. The normalized spacial score (nSPS) is 14.7. The predicted molar refractivity (Wildman–Crippen MR) is 247 cm³/mol. The van der Waals surface area contributed by atoms with E-state index in [1.54, 1.807) is 0 Å². The van der Waals surface area contributed by atoms with Crippen molar-refractivity contribution >= 4 is 95.4 Å². The van der Waals surface area contributed by atoms with E-state index in [1.165, 1.54) is 69.4 Å².